The van der Waals surface area contributed by atoms with Crippen LogP contribution in [0.15, 0.2) is 29.3 Å². The Kier molecular flexibility index (Phi) is 12.1. The van der Waals surface area contributed by atoms with Crippen molar-refractivity contribution in [3.8, 4) is 5.75 Å². The van der Waals surface area contributed by atoms with Gasteiger partial charge in [-0.2, -0.15) is 0 Å². The van der Waals surface area contributed by atoms with Gasteiger partial charge in [-0.15, -0.1) is 24.0 Å². The van der Waals surface area contributed by atoms with Crippen LogP contribution in [0.2, 0.25) is 5.02 Å². The molecule has 1 aliphatic heterocycles. The summed E-state index contributed by atoms with van der Waals surface area (Å²) in [7, 11) is 0. The van der Waals surface area contributed by atoms with Crippen molar-refractivity contribution in [2.45, 2.75) is 45.4 Å². The third kappa shape index (κ3) is 9.82. The second-order valence-corrected chi connectivity index (χ2v) is 6.91. The fraction of sp³-hybridized carbons (Fsp3) is 0.632. The summed E-state index contributed by atoms with van der Waals surface area (Å²) in [6.07, 6.45) is 1.12. The number of nitrogens with zero attached hydrogens (tertiary/aromatic N) is 1. The quantitative estimate of drug-likeness (QED) is 0.302. The smallest absolute Gasteiger partial charge is 0.191 e. The van der Waals surface area contributed by atoms with E-state index in [0.717, 1.165) is 31.3 Å². The molecule has 0 spiro atoms. The van der Waals surface area contributed by atoms with Crippen molar-refractivity contribution in [1.82, 2.24) is 10.6 Å². The number of halogens is 2. The summed E-state index contributed by atoms with van der Waals surface area (Å²) in [6.45, 7) is 9.54. The summed E-state index contributed by atoms with van der Waals surface area (Å²) < 4.78 is 17.0. The van der Waals surface area contributed by atoms with Crippen molar-refractivity contribution < 1.29 is 14.2 Å². The molecule has 0 bridgehead atoms. The van der Waals surface area contributed by atoms with Gasteiger partial charge in [0.1, 0.15) is 11.9 Å². The molecule has 1 aliphatic rings. The summed E-state index contributed by atoms with van der Waals surface area (Å²) in [5.41, 5.74) is 0. The van der Waals surface area contributed by atoms with Crippen molar-refractivity contribution in [1.29, 1.82) is 0 Å². The van der Waals surface area contributed by atoms with Crippen LogP contribution in [0.1, 0.15) is 27.2 Å². The fourth-order valence-electron chi connectivity index (χ4n) is 2.55. The molecule has 1 saturated heterocycles. The zero-order chi connectivity index (χ0) is 18.8. The standard InChI is InChI=1S/C19H30ClN3O3.HI/c1-4-21-19(23-14(2)12-25-18-8-9-24-13-18)22-11-15(3)26-17-7-5-6-16(20)10-17;/h5-7,10,14-15,18H,4,8-9,11-13H2,1-3H3,(H2,21,22,23);1H. The van der Waals surface area contributed by atoms with E-state index in [0.29, 0.717) is 24.8 Å². The second kappa shape index (κ2) is 13.4. The van der Waals surface area contributed by atoms with E-state index in [-0.39, 0.29) is 42.2 Å². The monoisotopic (exact) mass is 511 g/mol. The minimum Gasteiger partial charge on any atom is -0.489 e. The van der Waals surface area contributed by atoms with Gasteiger partial charge in [0.15, 0.2) is 5.96 Å². The minimum atomic E-state index is -0.0638. The lowest BCUT2D eigenvalue weighted by molar-refractivity contribution is 0.0347. The zero-order valence-electron chi connectivity index (χ0n) is 16.2. The van der Waals surface area contributed by atoms with Crippen LogP contribution >= 0.6 is 35.6 Å². The van der Waals surface area contributed by atoms with Gasteiger partial charge in [-0.3, -0.25) is 0 Å². The molecule has 0 aromatic heterocycles. The Labute approximate surface area is 184 Å². The molecule has 154 valence electrons. The molecule has 27 heavy (non-hydrogen) atoms. The summed E-state index contributed by atoms with van der Waals surface area (Å²) in [5.74, 6) is 1.51. The largest absolute Gasteiger partial charge is 0.489 e. The molecule has 1 aromatic carbocycles. The number of rotatable bonds is 9. The maximum Gasteiger partial charge on any atom is 0.191 e. The van der Waals surface area contributed by atoms with Crippen LogP contribution in [0.4, 0.5) is 0 Å². The number of nitrogens with one attached hydrogen (secondary N) is 2. The maximum absolute atomic E-state index is 5.98. The van der Waals surface area contributed by atoms with Crippen LogP contribution in [0.25, 0.3) is 0 Å². The lowest BCUT2D eigenvalue weighted by Gasteiger charge is -2.20. The van der Waals surface area contributed by atoms with E-state index in [1.807, 2.05) is 32.0 Å². The minimum absolute atomic E-state index is 0. The van der Waals surface area contributed by atoms with Crippen molar-refractivity contribution in [3.63, 3.8) is 0 Å². The number of ether oxygens (including phenoxy) is 3. The summed E-state index contributed by atoms with van der Waals surface area (Å²) in [4.78, 5) is 4.61. The van der Waals surface area contributed by atoms with Crippen LogP contribution in [-0.2, 0) is 9.47 Å². The van der Waals surface area contributed by atoms with E-state index < -0.39 is 0 Å². The highest BCUT2D eigenvalue weighted by atomic mass is 127. The van der Waals surface area contributed by atoms with Crippen LogP contribution < -0.4 is 15.4 Å². The van der Waals surface area contributed by atoms with Crippen molar-refractivity contribution in [2.75, 3.05) is 32.9 Å². The Morgan fingerprint density at radius 3 is 2.89 bits per heavy atom. The maximum atomic E-state index is 5.98. The average Bonchev–Trinajstić information content (AvgIpc) is 3.12. The number of hydrogen-bond donors (Lipinski definition) is 2. The molecule has 1 heterocycles. The molecule has 3 unspecified atom stereocenters. The Balaban J connectivity index is 0.00000364. The molecule has 3 atom stereocenters. The van der Waals surface area contributed by atoms with Gasteiger partial charge in [0, 0.05) is 24.2 Å². The van der Waals surface area contributed by atoms with Gasteiger partial charge in [-0.05, 0) is 45.4 Å². The zero-order valence-corrected chi connectivity index (χ0v) is 19.3. The number of benzene rings is 1. The normalized spacial score (nSPS) is 19.1. The van der Waals surface area contributed by atoms with Crippen molar-refractivity contribution in [2.24, 2.45) is 4.99 Å². The van der Waals surface area contributed by atoms with Crippen LogP contribution in [0.5, 0.6) is 5.75 Å². The highest BCUT2D eigenvalue weighted by Crippen LogP contribution is 2.18. The van der Waals surface area contributed by atoms with Gasteiger partial charge in [0.2, 0.25) is 0 Å². The first-order valence-corrected chi connectivity index (χ1v) is 9.61. The van der Waals surface area contributed by atoms with Crippen molar-refractivity contribution >= 4 is 41.5 Å². The van der Waals surface area contributed by atoms with Gasteiger partial charge >= 0.3 is 0 Å². The van der Waals surface area contributed by atoms with Gasteiger partial charge in [-0.1, -0.05) is 17.7 Å². The lowest BCUT2D eigenvalue weighted by Crippen LogP contribution is -2.45. The van der Waals surface area contributed by atoms with E-state index in [1.165, 1.54) is 0 Å². The summed E-state index contributed by atoms with van der Waals surface area (Å²) in [6, 6.07) is 7.54. The highest BCUT2D eigenvalue weighted by Gasteiger charge is 2.17. The van der Waals surface area contributed by atoms with Gasteiger partial charge in [-0.25, -0.2) is 4.99 Å². The highest BCUT2D eigenvalue weighted by molar-refractivity contribution is 14.0. The fourth-order valence-corrected chi connectivity index (χ4v) is 2.73. The third-order valence-electron chi connectivity index (χ3n) is 3.84. The van der Waals surface area contributed by atoms with Gasteiger partial charge < -0.3 is 24.8 Å². The molecule has 0 radical (unpaired) electrons. The molecule has 0 amide bonds. The average molecular weight is 512 g/mol. The van der Waals surface area contributed by atoms with E-state index in [4.69, 9.17) is 25.8 Å². The predicted molar refractivity (Wildman–Crippen MR) is 121 cm³/mol. The SMILES string of the molecule is CCNC(=NCC(C)Oc1cccc(Cl)c1)NC(C)COC1CCOC1.I. The Bertz CT molecular complexity index is 571. The van der Waals surface area contributed by atoms with E-state index in [1.54, 1.807) is 6.07 Å². The van der Waals surface area contributed by atoms with E-state index in [9.17, 15) is 0 Å². The molecule has 2 rings (SSSR count). The third-order valence-corrected chi connectivity index (χ3v) is 4.07. The Morgan fingerprint density at radius 2 is 2.22 bits per heavy atom. The first-order valence-electron chi connectivity index (χ1n) is 9.23. The van der Waals surface area contributed by atoms with Crippen LogP contribution in [-0.4, -0.2) is 57.1 Å². The van der Waals surface area contributed by atoms with E-state index >= 15 is 0 Å². The molecular weight excluding hydrogens is 481 g/mol. The lowest BCUT2D eigenvalue weighted by atomic mass is 10.3. The molecule has 1 aromatic rings. The number of guanidine groups is 1. The number of hydrogen-bond acceptors (Lipinski definition) is 4. The first kappa shape index (κ1) is 24.3. The van der Waals surface area contributed by atoms with Gasteiger partial charge in [0.05, 0.1) is 25.9 Å². The molecule has 6 nitrogen and oxygen atoms in total. The second-order valence-electron chi connectivity index (χ2n) is 6.47. The van der Waals surface area contributed by atoms with E-state index in [2.05, 4.69) is 22.5 Å². The Morgan fingerprint density at radius 1 is 1.41 bits per heavy atom. The van der Waals surface area contributed by atoms with Crippen LogP contribution in [0.3, 0.4) is 0 Å². The summed E-state index contributed by atoms with van der Waals surface area (Å²) in [5, 5.41) is 7.28. The first-order chi connectivity index (χ1) is 12.6. The molecular formula is C19H31ClIN3O3. The molecule has 8 heteroatoms. The summed E-state index contributed by atoms with van der Waals surface area (Å²) >= 11 is 5.98. The van der Waals surface area contributed by atoms with Gasteiger partial charge in [0.25, 0.3) is 0 Å². The molecule has 2 N–H and O–H groups in total. The molecule has 1 fully saturated rings. The Hall–Kier alpha value is -0.770. The molecule has 0 aliphatic carbocycles. The van der Waals surface area contributed by atoms with Crippen molar-refractivity contribution in [3.05, 3.63) is 29.3 Å². The predicted octanol–water partition coefficient (Wildman–Crippen LogP) is 3.47. The van der Waals surface area contributed by atoms with Crippen LogP contribution in [0, 0.1) is 0 Å². The number of aliphatic imine (C=N–C) groups is 1. The topological polar surface area (TPSA) is 64.1 Å². The molecule has 0 saturated carbocycles.